The molecule has 110 valence electrons. The number of ether oxygens (including phenoxy) is 1. The molecule has 0 aromatic carbocycles. The van der Waals surface area contributed by atoms with E-state index in [9.17, 15) is 14.9 Å². The van der Waals surface area contributed by atoms with Crippen LogP contribution in [-0.4, -0.2) is 39.5 Å². The smallest absolute Gasteiger partial charge is 0.287 e. The molecule has 7 nitrogen and oxygen atoms in total. The highest BCUT2D eigenvalue weighted by molar-refractivity contribution is 9.09. The number of nitrogens with zero attached hydrogens (tertiary/aromatic N) is 2. The van der Waals surface area contributed by atoms with E-state index in [0.717, 1.165) is 12.8 Å². The number of nitrogens with one attached hydrogen (secondary N) is 1. The van der Waals surface area contributed by atoms with Crippen LogP contribution in [0.3, 0.4) is 0 Å². The van der Waals surface area contributed by atoms with Gasteiger partial charge in [0.2, 0.25) is 0 Å². The Morgan fingerprint density at radius 3 is 2.75 bits per heavy atom. The van der Waals surface area contributed by atoms with Crippen LogP contribution in [0.25, 0.3) is 0 Å². The molecule has 1 N–H and O–H groups in total. The Balaban J connectivity index is 2.16. The Hall–Kier alpha value is -1.41. The Labute approximate surface area is 124 Å². The van der Waals surface area contributed by atoms with Crippen LogP contribution >= 0.6 is 15.9 Å². The Kier molecular flexibility index (Phi) is 4.44. The van der Waals surface area contributed by atoms with Gasteiger partial charge in [-0.15, -0.1) is 0 Å². The van der Waals surface area contributed by atoms with Crippen molar-refractivity contribution in [2.45, 2.75) is 18.4 Å². The molecule has 0 saturated carbocycles. The summed E-state index contributed by atoms with van der Waals surface area (Å²) < 4.78 is 6.77. The summed E-state index contributed by atoms with van der Waals surface area (Å²) in [7, 11) is 1.62. The maximum atomic E-state index is 12.3. The van der Waals surface area contributed by atoms with Gasteiger partial charge in [0.1, 0.15) is 5.69 Å². The molecule has 0 atom stereocenters. The predicted octanol–water partition coefficient (Wildman–Crippen LogP) is 1.61. The zero-order valence-electron chi connectivity index (χ0n) is 11.1. The van der Waals surface area contributed by atoms with Crippen LogP contribution in [0.15, 0.2) is 12.3 Å². The summed E-state index contributed by atoms with van der Waals surface area (Å²) in [6.45, 7) is 1.19. The zero-order chi connectivity index (χ0) is 14.8. The molecule has 2 rings (SSSR count). The summed E-state index contributed by atoms with van der Waals surface area (Å²) in [5.74, 6) is -0.304. The summed E-state index contributed by atoms with van der Waals surface area (Å²) in [5.41, 5.74) is -0.157. The molecule has 1 aromatic rings. The highest BCUT2D eigenvalue weighted by Gasteiger charge is 2.34. The van der Waals surface area contributed by atoms with E-state index in [1.807, 2.05) is 0 Å². The van der Waals surface area contributed by atoms with Crippen LogP contribution in [-0.2, 0) is 11.8 Å². The Morgan fingerprint density at radius 2 is 2.25 bits per heavy atom. The molecule has 2 heterocycles. The highest BCUT2D eigenvalue weighted by Crippen LogP contribution is 2.24. The van der Waals surface area contributed by atoms with Gasteiger partial charge in [-0.05, 0) is 12.8 Å². The monoisotopic (exact) mass is 345 g/mol. The molecule has 0 unspecified atom stereocenters. The van der Waals surface area contributed by atoms with Gasteiger partial charge in [-0.1, -0.05) is 15.9 Å². The third-order valence-electron chi connectivity index (χ3n) is 3.52. The number of carbonyl (C=O) groups is 1. The number of hydrogen-bond acceptors (Lipinski definition) is 4. The molecule has 0 spiro atoms. The standard InChI is InChI=1S/C12H16BrN3O4/c1-15-7-9(16(18)19)6-10(15)11(17)14-12(8-13)2-4-20-5-3-12/h6-7H,2-5,8H2,1H3,(H,14,17). The number of halogens is 1. The van der Waals surface area contributed by atoms with E-state index in [2.05, 4.69) is 21.2 Å². The molecule has 1 saturated heterocycles. The third-order valence-corrected chi connectivity index (χ3v) is 4.59. The van der Waals surface area contributed by atoms with Gasteiger partial charge in [0.15, 0.2) is 0 Å². The summed E-state index contributed by atoms with van der Waals surface area (Å²) in [6.07, 6.45) is 2.77. The van der Waals surface area contributed by atoms with E-state index >= 15 is 0 Å². The van der Waals surface area contributed by atoms with Gasteiger partial charge in [-0.2, -0.15) is 0 Å². The van der Waals surface area contributed by atoms with E-state index in [0.29, 0.717) is 18.5 Å². The molecular formula is C12H16BrN3O4. The van der Waals surface area contributed by atoms with Crippen LogP contribution in [0.2, 0.25) is 0 Å². The molecule has 1 aliphatic heterocycles. The van der Waals surface area contributed by atoms with Crippen LogP contribution in [0.1, 0.15) is 23.3 Å². The molecular weight excluding hydrogens is 330 g/mol. The number of aryl methyl sites for hydroxylation is 1. The van der Waals surface area contributed by atoms with Crippen LogP contribution in [0.5, 0.6) is 0 Å². The second-order valence-electron chi connectivity index (χ2n) is 4.93. The first-order valence-electron chi connectivity index (χ1n) is 6.24. The molecule has 1 aliphatic rings. The summed E-state index contributed by atoms with van der Waals surface area (Å²) >= 11 is 3.43. The molecule has 0 radical (unpaired) electrons. The minimum atomic E-state index is -0.508. The van der Waals surface area contributed by atoms with Gasteiger partial charge in [0, 0.05) is 31.7 Å². The minimum absolute atomic E-state index is 0.0856. The van der Waals surface area contributed by atoms with E-state index in [1.54, 1.807) is 7.05 Å². The van der Waals surface area contributed by atoms with Gasteiger partial charge in [-0.25, -0.2) is 0 Å². The van der Waals surface area contributed by atoms with Gasteiger partial charge in [0.05, 0.1) is 16.7 Å². The molecule has 1 aromatic heterocycles. The lowest BCUT2D eigenvalue weighted by Crippen LogP contribution is -2.53. The minimum Gasteiger partial charge on any atom is -0.381 e. The lowest BCUT2D eigenvalue weighted by atomic mass is 9.92. The molecule has 1 amide bonds. The fourth-order valence-electron chi connectivity index (χ4n) is 2.23. The number of alkyl halides is 1. The Morgan fingerprint density at radius 1 is 1.60 bits per heavy atom. The predicted molar refractivity (Wildman–Crippen MR) is 76.1 cm³/mol. The van der Waals surface area contributed by atoms with Crippen molar-refractivity contribution in [3.8, 4) is 0 Å². The van der Waals surface area contributed by atoms with E-state index < -0.39 is 4.92 Å². The number of aromatic nitrogens is 1. The molecule has 8 heteroatoms. The van der Waals surface area contributed by atoms with Crippen LogP contribution in [0, 0.1) is 10.1 Å². The van der Waals surface area contributed by atoms with Gasteiger partial charge in [-0.3, -0.25) is 14.9 Å². The topological polar surface area (TPSA) is 86.4 Å². The highest BCUT2D eigenvalue weighted by atomic mass is 79.9. The zero-order valence-corrected chi connectivity index (χ0v) is 12.7. The van der Waals surface area contributed by atoms with Crippen molar-refractivity contribution in [3.63, 3.8) is 0 Å². The SMILES string of the molecule is Cn1cc([N+](=O)[O-])cc1C(=O)NC1(CBr)CCOCC1. The van der Waals surface area contributed by atoms with E-state index in [1.165, 1.54) is 16.8 Å². The average molecular weight is 346 g/mol. The second-order valence-corrected chi connectivity index (χ2v) is 5.49. The lowest BCUT2D eigenvalue weighted by Gasteiger charge is -2.36. The number of nitro groups is 1. The first kappa shape index (κ1) is 15.0. The first-order chi connectivity index (χ1) is 9.47. The van der Waals surface area contributed by atoms with E-state index in [4.69, 9.17) is 4.74 Å². The average Bonchev–Trinajstić information content (AvgIpc) is 2.82. The Bertz CT molecular complexity index is 523. The second kappa shape index (κ2) is 5.92. The molecule has 0 bridgehead atoms. The maximum absolute atomic E-state index is 12.3. The van der Waals surface area contributed by atoms with Crippen molar-refractivity contribution in [1.29, 1.82) is 0 Å². The lowest BCUT2D eigenvalue weighted by molar-refractivity contribution is -0.384. The molecule has 20 heavy (non-hydrogen) atoms. The van der Waals surface area contributed by atoms with Crippen molar-refractivity contribution < 1.29 is 14.5 Å². The molecule has 1 fully saturated rings. The fraction of sp³-hybridized carbons (Fsp3) is 0.583. The van der Waals surface area contributed by atoms with Crippen LogP contribution < -0.4 is 5.32 Å². The summed E-state index contributed by atoms with van der Waals surface area (Å²) in [6, 6.07) is 1.29. The number of hydrogen-bond donors (Lipinski definition) is 1. The number of amides is 1. The van der Waals surface area contributed by atoms with Gasteiger partial charge in [0.25, 0.3) is 11.6 Å². The van der Waals surface area contributed by atoms with Crippen molar-refractivity contribution in [2.75, 3.05) is 18.5 Å². The normalized spacial score (nSPS) is 17.7. The third kappa shape index (κ3) is 3.01. The van der Waals surface area contributed by atoms with Crippen molar-refractivity contribution in [1.82, 2.24) is 9.88 Å². The van der Waals surface area contributed by atoms with Crippen molar-refractivity contribution in [2.24, 2.45) is 7.05 Å². The van der Waals surface area contributed by atoms with Gasteiger partial charge < -0.3 is 14.6 Å². The number of rotatable bonds is 4. The van der Waals surface area contributed by atoms with Gasteiger partial charge >= 0.3 is 0 Å². The molecule has 0 aliphatic carbocycles. The maximum Gasteiger partial charge on any atom is 0.287 e. The fourth-order valence-corrected chi connectivity index (χ4v) is 2.93. The van der Waals surface area contributed by atoms with E-state index in [-0.39, 0.29) is 22.8 Å². The van der Waals surface area contributed by atoms with Crippen molar-refractivity contribution >= 4 is 27.5 Å². The van der Waals surface area contributed by atoms with Crippen LogP contribution in [0.4, 0.5) is 5.69 Å². The largest absolute Gasteiger partial charge is 0.381 e. The first-order valence-corrected chi connectivity index (χ1v) is 7.36. The summed E-state index contributed by atoms with van der Waals surface area (Å²) in [5, 5.41) is 14.3. The van der Waals surface area contributed by atoms with Crippen molar-refractivity contribution in [3.05, 3.63) is 28.1 Å². The quantitative estimate of drug-likeness (QED) is 0.510. The summed E-state index contributed by atoms with van der Waals surface area (Å²) in [4.78, 5) is 22.5. The number of carbonyl (C=O) groups excluding carboxylic acids is 1.